The molecular weight excluding hydrogens is 272 g/mol. The largest absolute Gasteiger partial charge is 0.481 e. The summed E-state index contributed by atoms with van der Waals surface area (Å²) in [6.45, 7) is 2.15. The van der Waals surface area contributed by atoms with Gasteiger partial charge in [0.1, 0.15) is 0 Å². The molecule has 114 valence electrons. The Labute approximate surface area is 123 Å². The molecular formula is C15H20N2O4. The molecule has 0 saturated heterocycles. The number of carboxylic acid groups (broad SMARTS) is 1. The highest BCUT2D eigenvalue weighted by molar-refractivity contribution is 5.94. The third-order valence-corrected chi connectivity index (χ3v) is 2.99. The van der Waals surface area contributed by atoms with E-state index < -0.39 is 11.9 Å². The molecule has 0 bridgehead atoms. The summed E-state index contributed by atoms with van der Waals surface area (Å²) in [5, 5.41) is 14.0. The van der Waals surface area contributed by atoms with Crippen LogP contribution < -0.4 is 10.6 Å². The fraction of sp³-hybridized carbons (Fsp3) is 0.400. The molecule has 0 heterocycles. The molecule has 1 unspecified atom stereocenters. The fourth-order valence-corrected chi connectivity index (χ4v) is 1.62. The van der Waals surface area contributed by atoms with E-state index in [0.717, 1.165) is 0 Å². The minimum absolute atomic E-state index is 0.167. The van der Waals surface area contributed by atoms with Gasteiger partial charge in [-0.1, -0.05) is 25.1 Å². The van der Waals surface area contributed by atoms with Crippen molar-refractivity contribution in [2.45, 2.75) is 19.8 Å². The first-order valence-electron chi connectivity index (χ1n) is 6.83. The van der Waals surface area contributed by atoms with E-state index in [9.17, 15) is 14.4 Å². The van der Waals surface area contributed by atoms with Crippen LogP contribution in [-0.4, -0.2) is 36.0 Å². The molecule has 6 nitrogen and oxygen atoms in total. The highest BCUT2D eigenvalue weighted by Crippen LogP contribution is 2.00. The van der Waals surface area contributed by atoms with Gasteiger partial charge in [-0.25, -0.2) is 0 Å². The summed E-state index contributed by atoms with van der Waals surface area (Å²) in [6.07, 6.45) is 0.553. The van der Waals surface area contributed by atoms with E-state index in [1.807, 2.05) is 6.07 Å². The molecule has 0 aliphatic carbocycles. The first-order valence-corrected chi connectivity index (χ1v) is 6.83. The lowest BCUT2D eigenvalue weighted by molar-refractivity contribution is -0.141. The summed E-state index contributed by atoms with van der Waals surface area (Å²) < 4.78 is 0. The van der Waals surface area contributed by atoms with Gasteiger partial charge in [-0.3, -0.25) is 14.4 Å². The van der Waals surface area contributed by atoms with Crippen LogP contribution >= 0.6 is 0 Å². The van der Waals surface area contributed by atoms with Crippen LogP contribution in [0.5, 0.6) is 0 Å². The molecule has 0 fully saturated rings. The van der Waals surface area contributed by atoms with Gasteiger partial charge in [-0.05, 0) is 18.6 Å². The van der Waals surface area contributed by atoms with Crippen LogP contribution in [0, 0.1) is 5.92 Å². The predicted octanol–water partition coefficient (Wildman–Crippen LogP) is 1.03. The number of hydrogen-bond acceptors (Lipinski definition) is 3. The Hall–Kier alpha value is -2.37. The van der Waals surface area contributed by atoms with Gasteiger partial charge < -0.3 is 15.7 Å². The van der Waals surface area contributed by atoms with Crippen molar-refractivity contribution in [3.8, 4) is 0 Å². The molecule has 2 amide bonds. The van der Waals surface area contributed by atoms with Gasteiger partial charge in [0.05, 0.1) is 5.92 Å². The monoisotopic (exact) mass is 292 g/mol. The Morgan fingerprint density at radius 2 is 1.76 bits per heavy atom. The molecule has 1 rings (SSSR count). The molecule has 0 aliphatic heterocycles. The molecule has 0 aromatic heterocycles. The van der Waals surface area contributed by atoms with Crippen molar-refractivity contribution in [3.63, 3.8) is 0 Å². The molecule has 1 aromatic carbocycles. The minimum Gasteiger partial charge on any atom is -0.481 e. The quantitative estimate of drug-likeness (QED) is 0.667. The van der Waals surface area contributed by atoms with Gasteiger partial charge in [0, 0.05) is 25.1 Å². The van der Waals surface area contributed by atoms with E-state index in [4.69, 9.17) is 5.11 Å². The maximum absolute atomic E-state index is 11.7. The molecule has 0 spiro atoms. The van der Waals surface area contributed by atoms with E-state index in [1.54, 1.807) is 31.2 Å². The van der Waals surface area contributed by atoms with Crippen LogP contribution in [0.1, 0.15) is 30.1 Å². The highest BCUT2D eigenvalue weighted by atomic mass is 16.4. The van der Waals surface area contributed by atoms with Crippen molar-refractivity contribution >= 4 is 17.8 Å². The predicted molar refractivity (Wildman–Crippen MR) is 77.8 cm³/mol. The molecule has 0 radical (unpaired) electrons. The van der Waals surface area contributed by atoms with Gasteiger partial charge >= 0.3 is 5.97 Å². The second-order valence-electron chi connectivity index (χ2n) is 4.75. The number of hydrogen-bond donors (Lipinski definition) is 3. The van der Waals surface area contributed by atoms with E-state index in [-0.39, 0.29) is 24.8 Å². The summed E-state index contributed by atoms with van der Waals surface area (Å²) in [5.41, 5.74) is 0.549. The first kappa shape index (κ1) is 16.7. The van der Waals surface area contributed by atoms with Crippen LogP contribution in [0.3, 0.4) is 0 Å². The summed E-state index contributed by atoms with van der Waals surface area (Å²) in [5.74, 6) is -1.79. The lowest BCUT2D eigenvalue weighted by Gasteiger charge is -2.08. The van der Waals surface area contributed by atoms with Crippen molar-refractivity contribution in [1.82, 2.24) is 10.6 Å². The number of carbonyl (C=O) groups excluding carboxylic acids is 2. The molecule has 1 atom stereocenters. The fourth-order valence-electron chi connectivity index (χ4n) is 1.62. The second-order valence-corrected chi connectivity index (χ2v) is 4.75. The summed E-state index contributed by atoms with van der Waals surface area (Å²) in [4.78, 5) is 33.8. The standard InChI is InChI=1S/C15H20N2O4/c1-11(15(20)21)7-9-16-13(18)8-10-17-14(19)12-5-3-2-4-6-12/h2-6,11H,7-10H2,1H3,(H,16,18)(H,17,19)(H,20,21). The zero-order valence-electron chi connectivity index (χ0n) is 12.0. The zero-order valence-corrected chi connectivity index (χ0v) is 12.0. The smallest absolute Gasteiger partial charge is 0.306 e. The van der Waals surface area contributed by atoms with Gasteiger partial charge in [0.2, 0.25) is 5.91 Å². The number of nitrogens with one attached hydrogen (secondary N) is 2. The molecule has 3 N–H and O–H groups in total. The SMILES string of the molecule is CC(CCNC(=O)CCNC(=O)c1ccccc1)C(=O)O. The van der Waals surface area contributed by atoms with Gasteiger partial charge in [0.25, 0.3) is 5.91 Å². The Bertz CT molecular complexity index is 488. The van der Waals surface area contributed by atoms with Crippen LogP contribution in [0.25, 0.3) is 0 Å². The Morgan fingerprint density at radius 1 is 1.10 bits per heavy atom. The Morgan fingerprint density at radius 3 is 2.38 bits per heavy atom. The van der Waals surface area contributed by atoms with Crippen LogP contribution in [0.2, 0.25) is 0 Å². The van der Waals surface area contributed by atoms with Crippen LogP contribution in [0.15, 0.2) is 30.3 Å². The lowest BCUT2D eigenvalue weighted by Crippen LogP contribution is -2.32. The zero-order chi connectivity index (χ0) is 15.7. The van der Waals surface area contributed by atoms with Crippen molar-refractivity contribution < 1.29 is 19.5 Å². The Kier molecular flexibility index (Phi) is 6.94. The van der Waals surface area contributed by atoms with Gasteiger partial charge in [-0.15, -0.1) is 0 Å². The highest BCUT2D eigenvalue weighted by Gasteiger charge is 2.11. The number of carbonyl (C=O) groups is 3. The average Bonchev–Trinajstić information content (AvgIpc) is 2.47. The molecule has 0 aliphatic rings. The molecule has 6 heteroatoms. The van der Waals surface area contributed by atoms with Gasteiger partial charge in [0.15, 0.2) is 0 Å². The second kappa shape index (κ2) is 8.73. The number of amides is 2. The summed E-state index contributed by atoms with van der Waals surface area (Å²) in [7, 11) is 0. The molecule has 0 saturated carbocycles. The third kappa shape index (κ3) is 6.56. The van der Waals surface area contributed by atoms with Gasteiger partial charge in [-0.2, -0.15) is 0 Å². The van der Waals surface area contributed by atoms with E-state index in [0.29, 0.717) is 18.5 Å². The summed E-state index contributed by atoms with van der Waals surface area (Å²) >= 11 is 0. The topological polar surface area (TPSA) is 95.5 Å². The first-order chi connectivity index (χ1) is 10.0. The number of aliphatic carboxylic acids is 1. The Balaban J connectivity index is 2.16. The average molecular weight is 292 g/mol. The minimum atomic E-state index is -0.876. The van der Waals surface area contributed by atoms with Crippen molar-refractivity contribution in [2.75, 3.05) is 13.1 Å². The van der Waals surface area contributed by atoms with Crippen LogP contribution in [0.4, 0.5) is 0 Å². The van der Waals surface area contributed by atoms with Crippen molar-refractivity contribution in [2.24, 2.45) is 5.92 Å². The van der Waals surface area contributed by atoms with Crippen LogP contribution in [-0.2, 0) is 9.59 Å². The van der Waals surface area contributed by atoms with Crippen molar-refractivity contribution in [1.29, 1.82) is 0 Å². The number of carboxylic acids is 1. The van der Waals surface area contributed by atoms with E-state index >= 15 is 0 Å². The lowest BCUT2D eigenvalue weighted by atomic mass is 10.1. The maximum atomic E-state index is 11.7. The normalized spacial score (nSPS) is 11.5. The molecule has 1 aromatic rings. The maximum Gasteiger partial charge on any atom is 0.306 e. The third-order valence-electron chi connectivity index (χ3n) is 2.99. The number of rotatable bonds is 8. The molecule has 21 heavy (non-hydrogen) atoms. The van der Waals surface area contributed by atoms with Crippen molar-refractivity contribution in [3.05, 3.63) is 35.9 Å². The van der Waals surface area contributed by atoms with E-state index in [2.05, 4.69) is 10.6 Å². The van der Waals surface area contributed by atoms with E-state index in [1.165, 1.54) is 0 Å². The number of benzene rings is 1. The summed E-state index contributed by atoms with van der Waals surface area (Å²) in [6, 6.07) is 8.75.